The number of ether oxygens (including phenoxy) is 8. The Balaban J connectivity index is 0.000000142. The first-order valence-corrected chi connectivity index (χ1v) is 37.9. The highest BCUT2D eigenvalue weighted by Crippen LogP contribution is 2.66. The number of aliphatic hydroxyl groups is 1. The van der Waals surface area contributed by atoms with Crippen LogP contribution in [0.5, 0.6) is 0 Å². The third kappa shape index (κ3) is 15.2. The molecule has 2 saturated heterocycles. The predicted octanol–water partition coefficient (Wildman–Crippen LogP) is 15.5. The lowest BCUT2D eigenvalue weighted by Crippen LogP contribution is -2.61. The van der Waals surface area contributed by atoms with E-state index in [9.17, 15) is 43.5 Å². The number of carbonyl (C=O) groups is 8. The SMILES string of the molecule is CCC(C)(C)C(=O)OC(C)(C)C12CC3CC(CC(C3)C1)C2.CCC(C)(C)C(=O)OC12CC3CC(CC(O)(C3)C1)C2.CCC(C)(C)C(=O)OC1C2CC3C(=O)OC1C3C2.CCC(C)(C)C(=O)OCC(=O)OC1C2CC3C1OC(=O)C3(C)C2.CCC1(OC(=O)C(C)(C)CC)CCCC1. The highest BCUT2D eigenvalue weighted by atomic mass is 16.6. The van der Waals surface area contributed by atoms with E-state index in [1.807, 2.05) is 90.0 Å². The highest BCUT2D eigenvalue weighted by molar-refractivity contribution is 5.82. The van der Waals surface area contributed by atoms with Crippen LogP contribution in [0.25, 0.3) is 0 Å². The molecule has 12 bridgehead atoms. The number of rotatable bonds is 19. The molecule has 0 radical (unpaired) electrons. The fraction of sp³-hybridized carbons (Fsp3) is 0.899. The first-order chi connectivity index (χ1) is 44.5. The van der Waals surface area contributed by atoms with Gasteiger partial charge in [0.1, 0.15) is 41.2 Å². The van der Waals surface area contributed by atoms with Crippen molar-refractivity contribution in [3.63, 3.8) is 0 Å². The number of hydrogen-bond acceptors (Lipinski definition) is 17. The Hall–Kier alpha value is -4.28. The summed E-state index contributed by atoms with van der Waals surface area (Å²) in [6, 6.07) is 0. The molecule has 13 aliphatic carbocycles. The molecule has 0 spiro atoms. The zero-order chi connectivity index (χ0) is 71.0. The van der Waals surface area contributed by atoms with Crippen LogP contribution < -0.4 is 0 Å². The van der Waals surface area contributed by atoms with Crippen LogP contribution in [0.2, 0.25) is 0 Å². The summed E-state index contributed by atoms with van der Waals surface area (Å²) in [7, 11) is 0. The molecular weight excluding hydrogens is 1220 g/mol. The Bertz CT molecular complexity index is 2840. The molecule has 0 aromatic carbocycles. The molecular formula is C79H126O17. The summed E-state index contributed by atoms with van der Waals surface area (Å²) in [5, 5.41) is 10.6. The molecule has 0 amide bonds. The molecule has 13 saturated carbocycles. The zero-order valence-corrected chi connectivity index (χ0v) is 62.7. The van der Waals surface area contributed by atoms with Crippen LogP contribution in [-0.2, 0) is 76.3 Å². The van der Waals surface area contributed by atoms with Crippen LogP contribution in [0.4, 0.5) is 0 Å². The summed E-state index contributed by atoms with van der Waals surface area (Å²) >= 11 is 0. The molecule has 17 heteroatoms. The van der Waals surface area contributed by atoms with Crippen molar-refractivity contribution in [2.75, 3.05) is 6.61 Å². The van der Waals surface area contributed by atoms with Gasteiger partial charge in [-0.25, -0.2) is 4.79 Å². The smallest absolute Gasteiger partial charge is 0.344 e. The molecule has 0 aromatic rings. The molecule has 96 heavy (non-hydrogen) atoms. The van der Waals surface area contributed by atoms with E-state index in [-0.39, 0.29) is 105 Å². The minimum atomic E-state index is -0.616. The summed E-state index contributed by atoms with van der Waals surface area (Å²) in [6.07, 6.45) is 25.4. The van der Waals surface area contributed by atoms with Crippen molar-refractivity contribution in [2.45, 2.75) is 345 Å². The van der Waals surface area contributed by atoms with E-state index in [0.29, 0.717) is 42.9 Å². The molecule has 12 unspecified atom stereocenters. The number of carbonyl (C=O) groups excluding carboxylic acids is 8. The van der Waals surface area contributed by atoms with Gasteiger partial charge in [0.05, 0.1) is 44.0 Å². The van der Waals surface area contributed by atoms with E-state index in [1.165, 1.54) is 57.8 Å². The third-order valence-electron chi connectivity index (χ3n) is 27.8. The van der Waals surface area contributed by atoms with Crippen LogP contribution in [0, 0.1) is 97.1 Å². The lowest BCUT2D eigenvalue weighted by Gasteiger charge is -2.61. The van der Waals surface area contributed by atoms with Crippen molar-refractivity contribution in [3.05, 3.63) is 0 Å². The molecule has 0 aromatic heterocycles. The number of fused-ring (bicyclic) bond motifs is 2. The molecule has 2 aliphatic heterocycles. The van der Waals surface area contributed by atoms with Crippen molar-refractivity contribution in [1.82, 2.24) is 0 Å². The topological polar surface area (TPSA) is 231 Å². The first kappa shape index (κ1) is 75.9. The molecule has 15 fully saturated rings. The fourth-order valence-corrected chi connectivity index (χ4v) is 19.8. The standard InChI is InChI=1S/C19H32O2.C17H24O6.C16H26O3.C14H20O4.C13H24O2/c1-6-17(2,3)16(20)21-18(4,5)19-10-13-7-14(11-19)9-15(8-13)12-19;1-5-16(2,3)14(19)21-8-11(18)22-12-9-6-10-13(12)23-15(20)17(10,4)7-9;1-4-14(2,3)13(17)19-16-8-11-5-12(9-16)7-15(18,6-11)10-16;1-4-14(2,3)13(16)18-10-7-5-8-9(6-7)12(15)17-11(8)10;1-5-12(3,4)11(14)15-13(6-2)9-7-8-10-13/h13-15H,6-12H2,1-5H3;9-10,12-13H,5-8H2,1-4H3;11-12,18H,4-10H2,1-3H3;7-11H,4-6H2,1-3H3;5-10H2,1-4H3. The van der Waals surface area contributed by atoms with Gasteiger partial charge in [0.15, 0.2) is 6.61 Å². The van der Waals surface area contributed by atoms with Gasteiger partial charge < -0.3 is 43.0 Å². The fourth-order valence-electron chi connectivity index (χ4n) is 19.8. The van der Waals surface area contributed by atoms with Crippen LogP contribution in [-0.4, -0.2) is 106 Å². The van der Waals surface area contributed by atoms with Gasteiger partial charge in [-0.3, -0.25) is 33.6 Å². The molecule has 544 valence electrons. The van der Waals surface area contributed by atoms with E-state index in [1.54, 1.807) is 13.8 Å². The molecule has 2 heterocycles. The van der Waals surface area contributed by atoms with Crippen LogP contribution in [0.1, 0.15) is 298 Å². The summed E-state index contributed by atoms with van der Waals surface area (Å²) in [5.41, 5.74) is -3.69. The van der Waals surface area contributed by atoms with Gasteiger partial charge in [0.25, 0.3) is 0 Å². The molecule has 15 rings (SSSR count). The minimum Gasteiger partial charge on any atom is -0.459 e. The van der Waals surface area contributed by atoms with Gasteiger partial charge in [-0.15, -0.1) is 0 Å². The second kappa shape index (κ2) is 27.6. The lowest BCUT2D eigenvalue weighted by atomic mass is 9.46. The highest BCUT2D eigenvalue weighted by Gasteiger charge is 2.70. The average molecular weight is 1350 g/mol. The van der Waals surface area contributed by atoms with Gasteiger partial charge in [-0.2, -0.15) is 0 Å². The Morgan fingerprint density at radius 2 is 0.990 bits per heavy atom. The van der Waals surface area contributed by atoms with Gasteiger partial charge >= 0.3 is 47.8 Å². The average Bonchev–Trinajstić information content (AvgIpc) is 1.32. The number of hydrogen-bond donors (Lipinski definition) is 1. The minimum absolute atomic E-state index is 0.00857. The summed E-state index contributed by atoms with van der Waals surface area (Å²) < 4.78 is 44.9. The first-order valence-electron chi connectivity index (χ1n) is 37.9. The Morgan fingerprint density at radius 1 is 0.510 bits per heavy atom. The molecule has 17 nitrogen and oxygen atoms in total. The van der Waals surface area contributed by atoms with Gasteiger partial charge in [0, 0.05) is 35.5 Å². The second-order valence-corrected chi connectivity index (χ2v) is 37.1. The molecule has 15 aliphatic rings. The van der Waals surface area contributed by atoms with E-state index in [2.05, 4.69) is 27.7 Å². The van der Waals surface area contributed by atoms with Gasteiger partial charge in [-0.05, 0) is 280 Å². The van der Waals surface area contributed by atoms with Gasteiger partial charge in [-0.1, -0.05) is 41.5 Å². The summed E-state index contributed by atoms with van der Waals surface area (Å²) in [4.78, 5) is 96.5. The maximum Gasteiger partial charge on any atom is 0.344 e. The lowest BCUT2D eigenvalue weighted by molar-refractivity contribution is -0.225. The molecule has 1 N–H and O–H groups in total. The summed E-state index contributed by atoms with van der Waals surface area (Å²) in [5.74, 6) is 3.28. The van der Waals surface area contributed by atoms with Crippen molar-refractivity contribution >= 4 is 47.8 Å². The van der Waals surface area contributed by atoms with E-state index in [0.717, 1.165) is 108 Å². The second-order valence-electron chi connectivity index (χ2n) is 37.1. The van der Waals surface area contributed by atoms with Crippen LogP contribution >= 0.6 is 0 Å². The van der Waals surface area contributed by atoms with Crippen molar-refractivity contribution < 1.29 is 81.4 Å². The normalized spacial score (nSPS) is 37.1. The number of esters is 8. The van der Waals surface area contributed by atoms with E-state index < -0.39 is 51.9 Å². The van der Waals surface area contributed by atoms with Crippen molar-refractivity contribution in [3.8, 4) is 0 Å². The van der Waals surface area contributed by atoms with E-state index in [4.69, 9.17) is 37.9 Å². The van der Waals surface area contributed by atoms with Crippen LogP contribution in [0.15, 0.2) is 0 Å². The third-order valence-corrected chi connectivity index (χ3v) is 27.8. The zero-order valence-electron chi connectivity index (χ0n) is 62.7. The largest absolute Gasteiger partial charge is 0.459 e. The quantitative estimate of drug-likeness (QED) is 0.0936. The Morgan fingerprint density at radius 3 is 1.50 bits per heavy atom. The Kier molecular flexibility index (Phi) is 21.8. The monoisotopic (exact) mass is 1350 g/mol. The maximum absolute atomic E-state index is 12.6. The Labute approximate surface area is 575 Å². The predicted molar refractivity (Wildman–Crippen MR) is 362 cm³/mol. The van der Waals surface area contributed by atoms with E-state index >= 15 is 0 Å². The van der Waals surface area contributed by atoms with Crippen molar-refractivity contribution in [1.29, 1.82) is 0 Å². The molecule has 12 atom stereocenters. The maximum atomic E-state index is 12.6. The van der Waals surface area contributed by atoms with Crippen molar-refractivity contribution in [2.24, 2.45) is 97.1 Å². The summed E-state index contributed by atoms with van der Waals surface area (Å²) in [6.45, 7) is 37.2. The van der Waals surface area contributed by atoms with Gasteiger partial charge in [0.2, 0.25) is 0 Å². The van der Waals surface area contributed by atoms with Crippen LogP contribution in [0.3, 0.4) is 0 Å².